The molecule has 1 aromatic carbocycles. The minimum absolute atomic E-state index is 0.0273. The number of hydrogen-bond donors (Lipinski definition) is 0. The van der Waals surface area contributed by atoms with Crippen LogP contribution in [-0.4, -0.2) is 37.0 Å². The third-order valence-electron chi connectivity index (χ3n) is 3.86. The Hall–Kier alpha value is -2.34. The second-order valence-electron chi connectivity index (χ2n) is 7.20. The summed E-state index contributed by atoms with van der Waals surface area (Å²) in [5, 5.41) is 0. The highest BCUT2D eigenvalue weighted by molar-refractivity contribution is 5.66. The lowest BCUT2D eigenvalue weighted by Crippen LogP contribution is -2.43. The fourth-order valence-corrected chi connectivity index (χ4v) is 2.49. The monoisotopic (exact) mass is 362 g/mol. The third-order valence-corrected chi connectivity index (χ3v) is 3.86. The molecule has 1 heterocycles. The summed E-state index contributed by atoms with van der Waals surface area (Å²) in [6.45, 7) is 9.03. The van der Waals surface area contributed by atoms with Crippen LogP contribution in [0.3, 0.4) is 0 Å². The van der Waals surface area contributed by atoms with Gasteiger partial charge in [-0.15, -0.1) is 0 Å². The molecule has 1 aliphatic heterocycles. The van der Waals surface area contributed by atoms with Gasteiger partial charge in [-0.2, -0.15) is 0 Å². The van der Waals surface area contributed by atoms with E-state index in [0.717, 1.165) is 0 Å². The molecule has 0 radical (unpaired) electrons. The van der Waals surface area contributed by atoms with Crippen molar-refractivity contribution in [1.29, 1.82) is 0 Å². The van der Waals surface area contributed by atoms with Crippen molar-refractivity contribution in [3.05, 3.63) is 42.0 Å². The summed E-state index contributed by atoms with van der Waals surface area (Å²) in [5.74, 6) is -0.210. The molecule has 142 valence electrons. The molecule has 6 heteroatoms. The second-order valence-corrected chi connectivity index (χ2v) is 7.20. The summed E-state index contributed by atoms with van der Waals surface area (Å²) < 4.78 is 21.8. The highest BCUT2D eigenvalue weighted by Crippen LogP contribution is 2.26. The summed E-state index contributed by atoms with van der Waals surface area (Å²) in [6, 6.07) is 7.80. The molecule has 0 N–H and O–H groups in total. The van der Waals surface area contributed by atoms with Crippen molar-refractivity contribution in [2.75, 3.05) is 6.61 Å². The topological polar surface area (TPSA) is 71.1 Å². The van der Waals surface area contributed by atoms with Crippen molar-refractivity contribution >= 4 is 11.9 Å². The normalized spacial score (nSPS) is 22.6. The predicted octanol–water partition coefficient (Wildman–Crippen LogP) is 3.14. The second kappa shape index (κ2) is 8.36. The maximum atomic E-state index is 11.2. The van der Waals surface area contributed by atoms with Crippen molar-refractivity contribution in [2.24, 2.45) is 0 Å². The van der Waals surface area contributed by atoms with Gasteiger partial charge in [0.1, 0.15) is 24.6 Å². The molecule has 0 saturated carbocycles. The van der Waals surface area contributed by atoms with Crippen LogP contribution < -0.4 is 4.74 Å². The first-order valence-electron chi connectivity index (χ1n) is 8.57. The van der Waals surface area contributed by atoms with Gasteiger partial charge in [-0.3, -0.25) is 9.59 Å². The first-order chi connectivity index (χ1) is 12.1. The van der Waals surface area contributed by atoms with Gasteiger partial charge in [0.15, 0.2) is 0 Å². The summed E-state index contributed by atoms with van der Waals surface area (Å²) >= 11 is 0. The fourth-order valence-electron chi connectivity index (χ4n) is 2.49. The highest BCUT2D eigenvalue weighted by atomic mass is 16.7. The van der Waals surface area contributed by atoms with Gasteiger partial charge in [-0.1, -0.05) is 32.9 Å². The molecule has 26 heavy (non-hydrogen) atoms. The van der Waals surface area contributed by atoms with Crippen LogP contribution in [0.1, 0.15) is 40.2 Å². The quantitative estimate of drug-likeness (QED) is 0.592. The van der Waals surface area contributed by atoms with Gasteiger partial charge in [0, 0.05) is 13.8 Å². The van der Waals surface area contributed by atoms with E-state index in [-0.39, 0.29) is 12.0 Å². The number of carbonyl (C=O) groups excluding carboxylic acids is 2. The molecule has 0 amide bonds. The number of carbonyl (C=O) groups is 2. The molecule has 2 rings (SSSR count). The van der Waals surface area contributed by atoms with Gasteiger partial charge in [-0.25, -0.2) is 0 Å². The van der Waals surface area contributed by atoms with Gasteiger partial charge in [0.05, 0.1) is 0 Å². The van der Waals surface area contributed by atoms with E-state index in [9.17, 15) is 9.59 Å². The molecular weight excluding hydrogens is 336 g/mol. The zero-order valence-electron chi connectivity index (χ0n) is 15.9. The molecule has 0 aromatic heterocycles. The number of benzene rings is 1. The maximum absolute atomic E-state index is 11.2. The molecule has 0 fully saturated rings. The lowest BCUT2D eigenvalue weighted by molar-refractivity contribution is -0.178. The Balaban J connectivity index is 2.05. The van der Waals surface area contributed by atoms with Crippen LogP contribution >= 0.6 is 0 Å². The number of hydrogen-bond acceptors (Lipinski definition) is 6. The standard InChI is InChI=1S/C20H26O6/c1-13(21)23-12-18-17(24-14(2)22)10-11-19(26-18)25-16-8-6-15(7-9-16)20(3,4)5/h6-11,17-19H,12H2,1-5H3/t17-,18+,19?/m0/s1. The van der Waals surface area contributed by atoms with Crippen LogP contribution in [0.5, 0.6) is 5.75 Å². The highest BCUT2D eigenvalue weighted by Gasteiger charge is 2.31. The van der Waals surface area contributed by atoms with E-state index in [2.05, 4.69) is 20.8 Å². The lowest BCUT2D eigenvalue weighted by Gasteiger charge is -2.31. The molecule has 3 atom stereocenters. The Kier molecular flexibility index (Phi) is 6.42. The molecular formula is C20H26O6. The predicted molar refractivity (Wildman–Crippen MR) is 95.8 cm³/mol. The molecule has 1 aliphatic rings. The summed E-state index contributed by atoms with van der Waals surface area (Å²) in [4.78, 5) is 22.3. The van der Waals surface area contributed by atoms with Gasteiger partial charge in [0.25, 0.3) is 0 Å². The van der Waals surface area contributed by atoms with Gasteiger partial charge < -0.3 is 18.9 Å². The van der Waals surface area contributed by atoms with Gasteiger partial charge >= 0.3 is 11.9 Å². The minimum Gasteiger partial charge on any atom is -0.463 e. The average molecular weight is 362 g/mol. The first-order valence-corrected chi connectivity index (χ1v) is 8.57. The van der Waals surface area contributed by atoms with E-state index >= 15 is 0 Å². The van der Waals surface area contributed by atoms with Gasteiger partial charge in [0.2, 0.25) is 6.29 Å². The van der Waals surface area contributed by atoms with Crippen LogP contribution in [0, 0.1) is 0 Å². The zero-order chi connectivity index (χ0) is 19.3. The molecule has 6 nitrogen and oxygen atoms in total. The van der Waals surface area contributed by atoms with Crippen molar-refractivity contribution in [3.8, 4) is 5.75 Å². The molecule has 1 unspecified atom stereocenters. The smallest absolute Gasteiger partial charge is 0.303 e. The number of ether oxygens (including phenoxy) is 4. The third kappa shape index (κ3) is 5.88. The van der Waals surface area contributed by atoms with Crippen LogP contribution in [-0.2, 0) is 29.2 Å². The Labute approximate surface area is 154 Å². The fraction of sp³-hybridized carbons (Fsp3) is 0.500. The molecule has 0 bridgehead atoms. The maximum Gasteiger partial charge on any atom is 0.303 e. The van der Waals surface area contributed by atoms with Gasteiger partial charge in [-0.05, 0) is 35.3 Å². The SMILES string of the molecule is CC(=O)OC[C@H]1OC(Oc2ccc(C(C)(C)C)cc2)C=C[C@@H]1OC(C)=O. The van der Waals surface area contributed by atoms with E-state index in [1.807, 2.05) is 24.3 Å². The van der Waals surface area contributed by atoms with Crippen LogP contribution in [0.2, 0.25) is 0 Å². The number of esters is 2. The van der Waals surface area contributed by atoms with Crippen molar-refractivity contribution < 1.29 is 28.5 Å². The van der Waals surface area contributed by atoms with Crippen molar-refractivity contribution in [3.63, 3.8) is 0 Å². The van der Waals surface area contributed by atoms with E-state index in [1.54, 1.807) is 12.2 Å². The Bertz CT molecular complexity index is 656. The van der Waals surface area contributed by atoms with Crippen molar-refractivity contribution in [1.82, 2.24) is 0 Å². The van der Waals surface area contributed by atoms with Crippen LogP contribution in [0.25, 0.3) is 0 Å². The Morgan fingerprint density at radius 2 is 1.69 bits per heavy atom. The number of rotatable bonds is 5. The Morgan fingerprint density at radius 1 is 1.04 bits per heavy atom. The van der Waals surface area contributed by atoms with E-state index in [4.69, 9.17) is 18.9 Å². The summed E-state index contributed by atoms with van der Waals surface area (Å²) in [7, 11) is 0. The summed E-state index contributed by atoms with van der Waals surface area (Å²) in [6.07, 6.45) is 1.44. The molecule has 0 saturated heterocycles. The zero-order valence-corrected chi connectivity index (χ0v) is 15.9. The largest absolute Gasteiger partial charge is 0.463 e. The molecule has 0 spiro atoms. The average Bonchev–Trinajstić information content (AvgIpc) is 2.54. The lowest BCUT2D eigenvalue weighted by atomic mass is 9.87. The van der Waals surface area contributed by atoms with Crippen LogP contribution in [0.15, 0.2) is 36.4 Å². The first kappa shape index (κ1) is 20.0. The van der Waals surface area contributed by atoms with Crippen molar-refractivity contribution in [2.45, 2.75) is 58.5 Å². The van der Waals surface area contributed by atoms with E-state index < -0.39 is 30.4 Å². The van der Waals surface area contributed by atoms with Crippen LogP contribution in [0.4, 0.5) is 0 Å². The van der Waals surface area contributed by atoms with E-state index in [0.29, 0.717) is 5.75 Å². The molecule has 1 aromatic rings. The summed E-state index contributed by atoms with van der Waals surface area (Å²) in [5.41, 5.74) is 1.26. The van der Waals surface area contributed by atoms with E-state index in [1.165, 1.54) is 19.4 Å². The minimum atomic E-state index is -0.664. The molecule has 0 aliphatic carbocycles. The Morgan fingerprint density at radius 3 is 2.23 bits per heavy atom.